The molecule has 3 heterocycles. The summed E-state index contributed by atoms with van der Waals surface area (Å²) in [6.45, 7) is 1.45. The SMILES string of the molecule is O=C(NCc1ccco1)C1(CC2CC(c3ccc(F)cc3)=NO2)CCOCC1. The molecule has 148 valence electrons. The molecule has 28 heavy (non-hydrogen) atoms. The summed E-state index contributed by atoms with van der Waals surface area (Å²) in [5.41, 5.74) is 1.07. The molecule has 0 spiro atoms. The van der Waals surface area contributed by atoms with E-state index in [2.05, 4.69) is 10.5 Å². The van der Waals surface area contributed by atoms with Crippen molar-refractivity contribution in [2.45, 2.75) is 38.3 Å². The number of hydrogen-bond donors (Lipinski definition) is 1. The summed E-state index contributed by atoms with van der Waals surface area (Å²) in [4.78, 5) is 18.7. The van der Waals surface area contributed by atoms with Gasteiger partial charge in [0.2, 0.25) is 5.91 Å². The van der Waals surface area contributed by atoms with Gasteiger partial charge in [0.25, 0.3) is 0 Å². The first-order chi connectivity index (χ1) is 13.6. The van der Waals surface area contributed by atoms with Crippen LogP contribution in [0.5, 0.6) is 0 Å². The van der Waals surface area contributed by atoms with Crippen LogP contribution in [-0.2, 0) is 20.9 Å². The molecule has 0 radical (unpaired) electrons. The van der Waals surface area contributed by atoms with Crippen LogP contribution < -0.4 is 5.32 Å². The quantitative estimate of drug-likeness (QED) is 0.826. The van der Waals surface area contributed by atoms with Gasteiger partial charge in [-0.1, -0.05) is 17.3 Å². The van der Waals surface area contributed by atoms with Crippen molar-refractivity contribution < 1.29 is 23.2 Å². The molecule has 1 saturated heterocycles. The van der Waals surface area contributed by atoms with Gasteiger partial charge in [0.1, 0.15) is 17.7 Å². The zero-order valence-electron chi connectivity index (χ0n) is 15.5. The van der Waals surface area contributed by atoms with Crippen LogP contribution in [-0.4, -0.2) is 30.9 Å². The molecule has 7 heteroatoms. The lowest BCUT2D eigenvalue weighted by Crippen LogP contribution is -2.46. The van der Waals surface area contributed by atoms with Crippen molar-refractivity contribution in [3.63, 3.8) is 0 Å². The Morgan fingerprint density at radius 1 is 1.21 bits per heavy atom. The topological polar surface area (TPSA) is 73.1 Å². The number of furan rings is 1. The van der Waals surface area contributed by atoms with Crippen LogP contribution in [0.2, 0.25) is 0 Å². The number of oxime groups is 1. The van der Waals surface area contributed by atoms with E-state index in [1.807, 2.05) is 6.07 Å². The molecule has 0 saturated carbocycles. The number of nitrogens with zero attached hydrogens (tertiary/aromatic N) is 1. The van der Waals surface area contributed by atoms with Crippen molar-refractivity contribution in [1.29, 1.82) is 0 Å². The Kier molecular flexibility index (Phi) is 5.43. The fraction of sp³-hybridized carbons (Fsp3) is 0.429. The molecule has 2 aliphatic heterocycles. The average Bonchev–Trinajstić information content (AvgIpc) is 3.39. The fourth-order valence-corrected chi connectivity index (χ4v) is 3.84. The average molecular weight is 386 g/mol. The van der Waals surface area contributed by atoms with Gasteiger partial charge in [-0.05, 0) is 42.7 Å². The highest BCUT2D eigenvalue weighted by Crippen LogP contribution is 2.38. The number of ether oxygens (including phenoxy) is 1. The number of carbonyl (C=O) groups excluding carboxylic acids is 1. The molecular formula is C21H23FN2O4. The predicted octanol–water partition coefficient (Wildman–Crippen LogP) is 3.42. The lowest BCUT2D eigenvalue weighted by atomic mass is 9.74. The van der Waals surface area contributed by atoms with E-state index in [9.17, 15) is 9.18 Å². The molecule has 4 rings (SSSR count). The minimum atomic E-state index is -0.552. The third-order valence-corrected chi connectivity index (χ3v) is 5.46. The van der Waals surface area contributed by atoms with E-state index < -0.39 is 5.41 Å². The standard InChI is InChI=1S/C21H23FN2O4/c22-16-5-3-15(4-6-16)19-12-18(28-24-19)13-21(7-10-26-11-8-21)20(25)23-14-17-2-1-9-27-17/h1-6,9,18H,7-8,10-14H2,(H,23,25). The van der Waals surface area contributed by atoms with E-state index in [1.54, 1.807) is 24.5 Å². The van der Waals surface area contributed by atoms with E-state index in [1.165, 1.54) is 12.1 Å². The van der Waals surface area contributed by atoms with Gasteiger partial charge in [-0.25, -0.2) is 4.39 Å². The van der Waals surface area contributed by atoms with Gasteiger partial charge in [0, 0.05) is 26.1 Å². The van der Waals surface area contributed by atoms with Crippen molar-refractivity contribution in [2.75, 3.05) is 13.2 Å². The minimum absolute atomic E-state index is 0.00830. The molecule has 0 aliphatic carbocycles. The van der Waals surface area contributed by atoms with Crippen molar-refractivity contribution >= 4 is 11.6 Å². The normalized spacial score (nSPS) is 21.0. The molecule has 6 nitrogen and oxygen atoms in total. The van der Waals surface area contributed by atoms with Gasteiger partial charge < -0.3 is 19.3 Å². The van der Waals surface area contributed by atoms with E-state index >= 15 is 0 Å². The van der Waals surface area contributed by atoms with Gasteiger partial charge in [-0.3, -0.25) is 4.79 Å². The number of carbonyl (C=O) groups is 1. The van der Waals surface area contributed by atoms with Crippen LogP contribution in [0, 0.1) is 11.2 Å². The van der Waals surface area contributed by atoms with E-state index in [0.29, 0.717) is 45.4 Å². The molecule has 1 atom stereocenters. The molecule has 1 aromatic carbocycles. The second kappa shape index (κ2) is 8.14. The fourth-order valence-electron chi connectivity index (χ4n) is 3.84. The van der Waals surface area contributed by atoms with Gasteiger partial charge >= 0.3 is 0 Å². The van der Waals surface area contributed by atoms with Crippen LogP contribution in [0.3, 0.4) is 0 Å². The van der Waals surface area contributed by atoms with Crippen LogP contribution in [0.1, 0.15) is 37.0 Å². The molecule has 1 fully saturated rings. The maximum atomic E-state index is 13.1. The van der Waals surface area contributed by atoms with Crippen molar-refractivity contribution in [2.24, 2.45) is 10.6 Å². The third-order valence-electron chi connectivity index (χ3n) is 5.46. The number of amides is 1. The van der Waals surface area contributed by atoms with Crippen molar-refractivity contribution in [1.82, 2.24) is 5.32 Å². The lowest BCUT2D eigenvalue weighted by Gasteiger charge is -2.36. The van der Waals surface area contributed by atoms with Crippen LogP contribution in [0.25, 0.3) is 0 Å². The highest BCUT2D eigenvalue weighted by atomic mass is 19.1. The first-order valence-electron chi connectivity index (χ1n) is 9.52. The molecule has 1 amide bonds. The van der Waals surface area contributed by atoms with Gasteiger partial charge in [0.15, 0.2) is 0 Å². The number of benzene rings is 1. The Morgan fingerprint density at radius 3 is 2.71 bits per heavy atom. The summed E-state index contributed by atoms with van der Waals surface area (Å²) >= 11 is 0. The molecule has 1 unspecified atom stereocenters. The lowest BCUT2D eigenvalue weighted by molar-refractivity contribution is -0.140. The smallest absolute Gasteiger partial charge is 0.226 e. The number of halogens is 1. The monoisotopic (exact) mass is 386 g/mol. The van der Waals surface area contributed by atoms with Gasteiger partial charge in [-0.15, -0.1) is 0 Å². The largest absolute Gasteiger partial charge is 0.467 e. The summed E-state index contributed by atoms with van der Waals surface area (Å²) in [7, 11) is 0. The third kappa shape index (κ3) is 4.09. The summed E-state index contributed by atoms with van der Waals surface area (Å²) in [6, 6.07) is 9.84. The van der Waals surface area contributed by atoms with Crippen LogP contribution in [0.4, 0.5) is 4.39 Å². The minimum Gasteiger partial charge on any atom is -0.467 e. The van der Waals surface area contributed by atoms with Gasteiger partial charge in [-0.2, -0.15) is 0 Å². The zero-order chi connectivity index (χ0) is 19.4. The van der Waals surface area contributed by atoms with Crippen LogP contribution >= 0.6 is 0 Å². The Morgan fingerprint density at radius 2 is 2.00 bits per heavy atom. The Balaban J connectivity index is 1.40. The molecule has 0 bridgehead atoms. The van der Waals surface area contributed by atoms with E-state index in [-0.39, 0.29) is 17.8 Å². The van der Waals surface area contributed by atoms with Crippen molar-refractivity contribution in [3.05, 3.63) is 59.8 Å². The second-order valence-electron chi connectivity index (χ2n) is 7.34. The molecule has 1 aromatic heterocycles. The highest BCUT2D eigenvalue weighted by molar-refractivity contribution is 6.01. The number of rotatable bonds is 6. The predicted molar refractivity (Wildman–Crippen MR) is 100 cm³/mol. The Labute approximate surface area is 162 Å². The number of hydrogen-bond acceptors (Lipinski definition) is 5. The van der Waals surface area contributed by atoms with Crippen LogP contribution in [0.15, 0.2) is 52.2 Å². The first-order valence-corrected chi connectivity index (χ1v) is 9.52. The molecule has 2 aliphatic rings. The second-order valence-corrected chi connectivity index (χ2v) is 7.34. The summed E-state index contributed by atoms with van der Waals surface area (Å²) in [5, 5.41) is 7.17. The van der Waals surface area contributed by atoms with E-state index in [4.69, 9.17) is 14.0 Å². The summed E-state index contributed by atoms with van der Waals surface area (Å²) in [5.74, 6) is 0.426. The van der Waals surface area contributed by atoms with Gasteiger partial charge in [0.05, 0.1) is 23.9 Å². The Bertz CT molecular complexity index is 827. The van der Waals surface area contributed by atoms with Crippen molar-refractivity contribution in [3.8, 4) is 0 Å². The Hall–Kier alpha value is -2.67. The molecular weight excluding hydrogens is 363 g/mol. The zero-order valence-corrected chi connectivity index (χ0v) is 15.5. The maximum Gasteiger partial charge on any atom is 0.226 e. The maximum absolute atomic E-state index is 13.1. The molecule has 1 N–H and O–H groups in total. The highest BCUT2D eigenvalue weighted by Gasteiger charge is 2.43. The van der Waals surface area contributed by atoms with E-state index in [0.717, 1.165) is 17.0 Å². The summed E-state index contributed by atoms with van der Waals surface area (Å²) in [6.07, 6.45) is 3.85. The first kappa shape index (κ1) is 18.7. The summed E-state index contributed by atoms with van der Waals surface area (Å²) < 4.78 is 23.9. The number of nitrogens with one attached hydrogen (secondary N) is 1. The molecule has 2 aromatic rings.